The van der Waals surface area contributed by atoms with Gasteiger partial charge < -0.3 is 10.2 Å². The van der Waals surface area contributed by atoms with E-state index in [2.05, 4.69) is 5.32 Å². The maximum Gasteiger partial charge on any atom is 0.270 e. The lowest BCUT2D eigenvalue weighted by atomic mass is 10.0. The molecule has 0 spiro atoms. The van der Waals surface area contributed by atoms with Crippen LogP contribution < -0.4 is 5.32 Å². The van der Waals surface area contributed by atoms with Gasteiger partial charge in [0.15, 0.2) is 0 Å². The van der Waals surface area contributed by atoms with Gasteiger partial charge in [0.25, 0.3) is 11.6 Å². The summed E-state index contributed by atoms with van der Waals surface area (Å²) in [5.41, 5.74) is 1.16. The number of hydrogen-bond donors (Lipinski definition) is 1. The van der Waals surface area contributed by atoms with Crippen molar-refractivity contribution in [3.63, 3.8) is 0 Å². The molecule has 2 heterocycles. The van der Waals surface area contributed by atoms with Crippen LogP contribution in [0.5, 0.6) is 0 Å². The molecular weight excluding hydrogens is 354 g/mol. The van der Waals surface area contributed by atoms with Crippen LogP contribution in [0, 0.1) is 10.1 Å². The van der Waals surface area contributed by atoms with Gasteiger partial charge in [0, 0.05) is 29.1 Å². The summed E-state index contributed by atoms with van der Waals surface area (Å²) in [6.45, 7) is 4.23. The number of nitrogens with zero attached hydrogens (tertiary/aromatic N) is 2. The molecule has 0 fully saturated rings. The molecule has 0 saturated carbocycles. The van der Waals surface area contributed by atoms with Crippen LogP contribution in [0.25, 0.3) is 0 Å². The number of benzene rings is 1. The van der Waals surface area contributed by atoms with E-state index in [1.54, 1.807) is 23.2 Å². The third-order valence-corrected chi connectivity index (χ3v) is 5.59. The third-order valence-electron chi connectivity index (χ3n) is 4.60. The molecule has 1 N–H and O–H groups in total. The molecule has 7 nitrogen and oxygen atoms in total. The number of rotatable bonds is 4. The van der Waals surface area contributed by atoms with Crippen molar-refractivity contribution in [2.75, 3.05) is 6.54 Å². The molecule has 2 amide bonds. The van der Waals surface area contributed by atoms with Crippen molar-refractivity contribution < 1.29 is 14.5 Å². The number of thiophene rings is 1. The van der Waals surface area contributed by atoms with Crippen LogP contribution in [0.3, 0.4) is 0 Å². The highest BCUT2D eigenvalue weighted by atomic mass is 32.1. The number of nitro groups is 1. The van der Waals surface area contributed by atoms with Crippen molar-refractivity contribution in [3.05, 3.63) is 61.8 Å². The number of hydrogen-bond acceptors (Lipinski definition) is 5. The lowest BCUT2D eigenvalue weighted by molar-refractivity contribution is -0.384. The summed E-state index contributed by atoms with van der Waals surface area (Å²) in [5.74, 6) is -0.663. The summed E-state index contributed by atoms with van der Waals surface area (Å²) in [7, 11) is 0. The van der Waals surface area contributed by atoms with Crippen LogP contribution in [0.15, 0.2) is 35.7 Å². The number of nitrogens with one attached hydrogen (secondary N) is 1. The smallest absolute Gasteiger partial charge is 0.270 e. The first-order chi connectivity index (χ1) is 12.4. The zero-order valence-electron chi connectivity index (χ0n) is 14.5. The third kappa shape index (κ3) is 3.45. The molecule has 1 aromatic carbocycles. The van der Waals surface area contributed by atoms with Crippen molar-refractivity contribution in [1.29, 1.82) is 0 Å². The Labute approximate surface area is 154 Å². The Morgan fingerprint density at radius 3 is 2.88 bits per heavy atom. The van der Waals surface area contributed by atoms with Crippen molar-refractivity contribution >= 4 is 28.8 Å². The standard InChI is InChI=1S/C18H19N3O4S/c1-11(19-17(22)13-4-3-5-14(10-13)21(24)25)18(23)20-8-6-16-15(12(20)2)7-9-26-16/h3-5,7,9-12H,6,8H2,1-2H3,(H,19,22). The molecule has 1 aliphatic heterocycles. The largest absolute Gasteiger partial charge is 0.341 e. The Bertz CT molecular complexity index is 864. The van der Waals surface area contributed by atoms with Crippen LogP contribution in [0.1, 0.15) is 40.7 Å². The molecule has 2 atom stereocenters. The van der Waals surface area contributed by atoms with Crippen molar-refractivity contribution in [2.45, 2.75) is 32.4 Å². The summed E-state index contributed by atoms with van der Waals surface area (Å²) < 4.78 is 0. The fourth-order valence-electron chi connectivity index (χ4n) is 3.16. The van der Waals surface area contributed by atoms with E-state index in [0.717, 1.165) is 12.0 Å². The van der Waals surface area contributed by atoms with Gasteiger partial charge in [-0.15, -0.1) is 11.3 Å². The lowest BCUT2D eigenvalue weighted by Gasteiger charge is -2.35. The molecule has 1 aromatic heterocycles. The highest BCUT2D eigenvalue weighted by Crippen LogP contribution is 2.33. The van der Waals surface area contributed by atoms with Gasteiger partial charge in [-0.1, -0.05) is 6.07 Å². The molecule has 8 heteroatoms. The predicted octanol–water partition coefficient (Wildman–Crippen LogP) is 2.92. The Morgan fingerprint density at radius 2 is 2.15 bits per heavy atom. The van der Waals surface area contributed by atoms with Gasteiger partial charge in [0.1, 0.15) is 6.04 Å². The summed E-state index contributed by atoms with van der Waals surface area (Å²) in [6.07, 6.45) is 0.814. The van der Waals surface area contributed by atoms with Gasteiger partial charge in [-0.3, -0.25) is 19.7 Å². The van der Waals surface area contributed by atoms with Crippen LogP contribution in [0.2, 0.25) is 0 Å². The number of nitro benzene ring substituents is 1. The molecule has 0 saturated heterocycles. The summed E-state index contributed by atoms with van der Waals surface area (Å²) >= 11 is 1.70. The molecule has 136 valence electrons. The van der Waals surface area contributed by atoms with Gasteiger partial charge in [0.05, 0.1) is 11.0 Å². The number of fused-ring (bicyclic) bond motifs is 1. The average molecular weight is 373 g/mol. The first kappa shape index (κ1) is 18.1. The normalized spacial score (nSPS) is 17.3. The van der Waals surface area contributed by atoms with Crippen LogP contribution in [-0.4, -0.2) is 34.2 Å². The average Bonchev–Trinajstić information content (AvgIpc) is 3.11. The number of carbonyl (C=O) groups is 2. The van der Waals surface area contributed by atoms with E-state index in [1.807, 2.05) is 18.4 Å². The van der Waals surface area contributed by atoms with Crippen molar-refractivity contribution in [3.8, 4) is 0 Å². The molecule has 2 unspecified atom stereocenters. The number of amides is 2. The quantitative estimate of drug-likeness (QED) is 0.659. The zero-order chi connectivity index (χ0) is 18.8. The van der Waals surface area contributed by atoms with E-state index in [1.165, 1.54) is 29.1 Å². The van der Waals surface area contributed by atoms with Crippen molar-refractivity contribution in [2.24, 2.45) is 0 Å². The van der Waals surface area contributed by atoms with Crippen LogP contribution >= 0.6 is 11.3 Å². The van der Waals surface area contributed by atoms with Gasteiger partial charge in [0.2, 0.25) is 5.91 Å². The molecule has 3 rings (SSSR count). The second-order valence-electron chi connectivity index (χ2n) is 6.26. The maximum atomic E-state index is 12.8. The first-order valence-electron chi connectivity index (χ1n) is 8.30. The van der Waals surface area contributed by atoms with Gasteiger partial charge in [-0.25, -0.2) is 0 Å². The highest BCUT2D eigenvalue weighted by molar-refractivity contribution is 7.10. The van der Waals surface area contributed by atoms with Gasteiger partial charge in [-0.2, -0.15) is 0 Å². The van der Waals surface area contributed by atoms with Gasteiger partial charge in [-0.05, 0) is 43.3 Å². The summed E-state index contributed by atoms with van der Waals surface area (Å²) in [5, 5.41) is 15.5. The highest BCUT2D eigenvalue weighted by Gasteiger charge is 2.31. The molecule has 26 heavy (non-hydrogen) atoms. The molecule has 0 aliphatic carbocycles. The Hall–Kier alpha value is -2.74. The van der Waals surface area contributed by atoms with Crippen LogP contribution in [0.4, 0.5) is 5.69 Å². The minimum atomic E-state index is -0.718. The van der Waals surface area contributed by atoms with E-state index in [-0.39, 0.29) is 23.2 Å². The molecular formula is C18H19N3O4S. The second kappa shape index (κ2) is 7.25. The topological polar surface area (TPSA) is 92.5 Å². The Morgan fingerprint density at radius 1 is 1.38 bits per heavy atom. The second-order valence-corrected chi connectivity index (χ2v) is 7.26. The first-order valence-corrected chi connectivity index (χ1v) is 9.18. The van der Waals surface area contributed by atoms with Crippen LogP contribution in [-0.2, 0) is 11.2 Å². The number of non-ortho nitro benzene ring substituents is 1. The molecule has 1 aliphatic rings. The minimum absolute atomic E-state index is 0.0327. The van der Waals surface area contributed by atoms with E-state index in [0.29, 0.717) is 6.54 Å². The molecule has 0 bridgehead atoms. The SMILES string of the molecule is CC(NC(=O)c1cccc([N+](=O)[O-])c1)C(=O)N1CCc2sccc2C1C. The molecule has 0 radical (unpaired) electrons. The van der Waals surface area contributed by atoms with E-state index >= 15 is 0 Å². The molecule has 2 aromatic rings. The maximum absolute atomic E-state index is 12.8. The summed E-state index contributed by atoms with van der Waals surface area (Å²) in [6, 6.07) is 6.74. The fraction of sp³-hybridized carbons (Fsp3) is 0.333. The summed E-state index contributed by atoms with van der Waals surface area (Å²) in [4.78, 5) is 38.5. The predicted molar refractivity (Wildman–Crippen MR) is 98.2 cm³/mol. The van der Waals surface area contributed by atoms with E-state index < -0.39 is 16.9 Å². The minimum Gasteiger partial charge on any atom is -0.341 e. The van der Waals surface area contributed by atoms with Crippen molar-refractivity contribution in [1.82, 2.24) is 10.2 Å². The zero-order valence-corrected chi connectivity index (χ0v) is 15.3. The Balaban J connectivity index is 1.69. The lowest BCUT2D eigenvalue weighted by Crippen LogP contribution is -2.49. The number of carbonyl (C=O) groups excluding carboxylic acids is 2. The monoisotopic (exact) mass is 373 g/mol. The fourth-order valence-corrected chi connectivity index (χ4v) is 4.12. The van der Waals surface area contributed by atoms with E-state index in [4.69, 9.17) is 0 Å². The Kier molecular flexibility index (Phi) is 5.03. The van der Waals surface area contributed by atoms with Gasteiger partial charge >= 0.3 is 0 Å². The van der Waals surface area contributed by atoms with E-state index in [9.17, 15) is 19.7 Å².